The molecule has 0 bridgehead atoms. The van der Waals surface area contributed by atoms with E-state index < -0.39 is 0 Å². The summed E-state index contributed by atoms with van der Waals surface area (Å²) in [5.74, 6) is 0. The van der Waals surface area contributed by atoms with Crippen LogP contribution in [0.5, 0.6) is 0 Å². The zero-order valence-corrected chi connectivity index (χ0v) is 17.3. The van der Waals surface area contributed by atoms with E-state index in [1.54, 1.807) is 0 Å². The summed E-state index contributed by atoms with van der Waals surface area (Å²) in [6.45, 7) is 13.8. The molecule has 3 aromatic rings. The third kappa shape index (κ3) is 2.68. The van der Waals surface area contributed by atoms with Crippen LogP contribution in [0.25, 0.3) is 11.1 Å². The van der Waals surface area contributed by atoms with E-state index >= 15 is 0 Å². The van der Waals surface area contributed by atoms with Crippen LogP contribution in [-0.4, -0.2) is 5.54 Å². The van der Waals surface area contributed by atoms with Gasteiger partial charge in [0.1, 0.15) is 0 Å². The van der Waals surface area contributed by atoms with Crippen LogP contribution in [0.15, 0.2) is 66.7 Å². The number of para-hydroxylation sites is 1. The van der Waals surface area contributed by atoms with Gasteiger partial charge in [0, 0.05) is 22.3 Å². The van der Waals surface area contributed by atoms with Crippen LogP contribution in [-0.2, 0) is 5.41 Å². The van der Waals surface area contributed by atoms with Crippen molar-refractivity contribution in [2.75, 3.05) is 4.90 Å². The van der Waals surface area contributed by atoms with Gasteiger partial charge in [-0.25, -0.2) is 0 Å². The molecule has 1 heteroatoms. The number of nitrogens with zero attached hydrogens (tertiary/aromatic N) is 1. The van der Waals surface area contributed by atoms with Crippen LogP contribution < -0.4 is 4.90 Å². The van der Waals surface area contributed by atoms with Crippen molar-refractivity contribution in [3.05, 3.63) is 83.4 Å². The van der Waals surface area contributed by atoms with Gasteiger partial charge in [-0.1, -0.05) is 62.4 Å². The van der Waals surface area contributed by atoms with E-state index in [-0.39, 0.29) is 11.0 Å². The fraction of sp³-hybridized carbons (Fsp3) is 0.308. The molecule has 0 spiro atoms. The fourth-order valence-electron chi connectivity index (χ4n) is 4.67. The summed E-state index contributed by atoms with van der Waals surface area (Å²) in [6.07, 6.45) is 0. The predicted octanol–water partition coefficient (Wildman–Crippen LogP) is 7.24. The van der Waals surface area contributed by atoms with E-state index in [4.69, 9.17) is 0 Å². The van der Waals surface area contributed by atoms with Gasteiger partial charge in [0.2, 0.25) is 0 Å². The molecule has 1 aliphatic rings. The minimum absolute atomic E-state index is 0.0199. The van der Waals surface area contributed by atoms with Crippen molar-refractivity contribution in [3.8, 4) is 11.1 Å². The van der Waals surface area contributed by atoms with Crippen LogP contribution in [0.3, 0.4) is 0 Å². The van der Waals surface area contributed by atoms with Crippen LogP contribution in [0, 0.1) is 6.92 Å². The molecule has 0 amide bonds. The van der Waals surface area contributed by atoms with E-state index in [1.807, 2.05) is 0 Å². The number of rotatable bonds is 2. The Morgan fingerprint density at radius 2 is 1.37 bits per heavy atom. The lowest BCUT2D eigenvalue weighted by atomic mass is 9.82. The van der Waals surface area contributed by atoms with Gasteiger partial charge in [-0.2, -0.15) is 0 Å². The average molecular weight is 356 g/mol. The Balaban J connectivity index is 1.98. The average Bonchev–Trinajstić information content (AvgIpc) is 2.86. The van der Waals surface area contributed by atoms with E-state index in [0.29, 0.717) is 0 Å². The van der Waals surface area contributed by atoms with E-state index in [2.05, 4.69) is 113 Å². The van der Waals surface area contributed by atoms with Crippen molar-refractivity contribution in [3.63, 3.8) is 0 Å². The smallest absolute Gasteiger partial charge is 0.0451 e. The molecule has 0 aliphatic heterocycles. The summed E-state index contributed by atoms with van der Waals surface area (Å²) in [4.78, 5) is 2.47. The van der Waals surface area contributed by atoms with Gasteiger partial charge in [-0.3, -0.25) is 0 Å². The second-order valence-electron chi connectivity index (χ2n) is 9.14. The molecule has 1 aliphatic carbocycles. The number of anilines is 2. The zero-order chi connectivity index (χ0) is 19.4. The number of hydrogen-bond donors (Lipinski definition) is 0. The molecule has 138 valence electrons. The number of fused-ring (bicyclic) bond motifs is 3. The second-order valence-corrected chi connectivity index (χ2v) is 9.14. The fourth-order valence-corrected chi connectivity index (χ4v) is 4.67. The Labute approximate surface area is 163 Å². The number of benzene rings is 3. The van der Waals surface area contributed by atoms with Gasteiger partial charge in [0.15, 0.2) is 0 Å². The summed E-state index contributed by atoms with van der Waals surface area (Å²) in [7, 11) is 0. The highest BCUT2D eigenvalue weighted by atomic mass is 15.2. The molecule has 0 fully saturated rings. The molecule has 4 rings (SSSR count). The molecule has 0 atom stereocenters. The highest BCUT2D eigenvalue weighted by Gasteiger charge is 2.37. The Kier molecular flexibility index (Phi) is 3.96. The minimum atomic E-state index is -0.0199. The van der Waals surface area contributed by atoms with Crippen LogP contribution in [0.4, 0.5) is 11.4 Å². The molecule has 0 unspecified atom stereocenters. The van der Waals surface area contributed by atoms with Crippen LogP contribution in [0.1, 0.15) is 51.3 Å². The van der Waals surface area contributed by atoms with Crippen molar-refractivity contribution < 1.29 is 0 Å². The molecular weight excluding hydrogens is 326 g/mol. The van der Waals surface area contributed by atoms with E-state index in [0.717, 1.165) is 0 Å². The Hall–Kier alpha value is -2.54. The second kappa shape index (κ2) is 5.99. The Morgan fingerprint density at radius 1 is 0.741 bits per heavy atom. The van der Waals surface area contributed by atoms with Gasteiger partial charge >= 0.3 is 0 Å². The summed E-state index contributed by atoms with van der Waals surface area (Å²) in [5.41, 5.74) is 9.59. The SMILES string of the molecule is Cc1c(N(c2ccccc2)C(C)(C)C)ccc2c1-c1ccccc1C2(C)C. The molecule has 0 saturated carbocycles. The van der Waals surface area contributed by atoms with Crippen molar-refractivity contribution in [1.82, 2.24) is 0 Å². The standard InChI is InChI=1S/C26H29N/c1-18-23(27(25(2,3)4)19-12-8-7-9-13-19)17-16-22-24(18)20-14-10-11-15-21(20)26(22,5)6/h7-17H,1-6H3. The van der Waals surface area contributed by atoms with Gasteiger partial charge in [0.25, 0.3) is 0 Å². The largest absolute Gasteiger partial charge is 0.336 e. The predicted molar refractivity (Wildman–Crippen MR) is 117 cm³/mol. The molecule has 1 nitrogen and oxygen atoms in total. The monoisotopic (exact) mass is 355 g/mol. The lowest BCUT2D eigenvalue weighted by molar-refractivity contribution is 0.559. The first-order valence-corrected chi connectivity index (χ1v) is 9.82. The maximum Gasteiger partial charge on any atom is 0.0451 e. The lowest BCUT2D eigenvalue weighted by Crippen LogP contribution is -2.38. The first-order valence-electron chi connectivity index (χ1n) is 9.82. The van der Waals surface area contributed by atoms with Gasteiger partial charge < -0.3 is 4.90 Å². The molecular formula is C26H29N. The molecule has 0 saturated heterocycles. The lowest BCUT2D eigenvalue weighted by Gasteiger charge is -2.39. The molecule has 0 radical (unpaired) electrons. The highest BCUT2D eigenvalue weighted by Crippen LogP contribution is 2.52. The third-order valence-corrected chi connectivity index (χ3v) is 5.91. The highest BCUT2D eigenvalue weighted by molar-refractivity contribution is 5.87. The number of hydrogen-bond acceptors (Lipinski definition) is 1. The summed E-state index contributed by atoms with van der Waals surface area (Å²) in [5, 5.41) is 0. The summed E-state index contributed by atoms with van der Waals surface area (Å²) in [6, 6.07) is 24.3. The molecule has 0 aromatic heterocycles. The molecule has 0 heterocycles. The Bertz CT molecular complexity index is 990. The van der Waals surface area contributed by atoms with E-state index in [1.165, 1.54) is 39.2 Å². The maximum atomic E-state index is 2.47. The van der Waals surface area contributed by atoms with Crippen molar-refractivity contribution >= 4 is 11.4 Å². The molecule has 0 N–H and O–H groups in total. The van der Waals surface area contributed by atoms with Gasteiger partial charge in [-0.05, 0) is 73.7 Å². The first kappa shape index (κ1) is 17.9. The van der Waals surface area contributed by atoms with Gasteiger partial charge in [0.05, 0.1) is 0 Å². The summed E-state index contributed by atoms with van der Waals surface area (Å²) >= 11 is 0. The zero-order valence-electron chi connectivity index (χ0n) is 17.3. The van der Waals surface area contributed by atoms with Crippen molar-refractivity contribution in [1.29, 1.82) is 0 Å². The third-order valence-electron chi connectivity index (χ3n) is 5.91. The van der Waals surface area contributed by atoms with Crippen LogP contribution in [0.2, 0.25) is 0 Å². The minimum Gasteiger partial charge on any atom is -0.336 e. The maximum absolute atomic E-state index is 2.47. The quantitative estimate of drug-likeness (QED) is 0.468. The Morgan fingerprint density at radius 3 is 2.04 bits per heavy atom. The van der Waals surface area contributed by atoms with E-state index in [9.17, 15) is 0 Å². The normalized spacial score (nSPS) is 14.6. The summed E-state index contributed by atoms with van der Waals surface area (Å²) < 4.78 is 0. The van der Waals surface area contributed by atoms with Crippen LogP contribution >= 0.6 is 0 Å². The van der Waals surface area contributed by atoms with Crippen molar-refractivity contribution in [2.24, 2.45) is 0 Å². The molecule has 3 aromatic carbocycles. The molecule has 27 heavy (non-hydrogen) atoms. The first-order chi connectivity index (χ1) is 12.7. The topological polar surface area (TPSA) is 3.24 Å². The van der Waals surface area contributed by atoms with Gasteiger partial charge in [-0.15, -0.1) is 0 Å². The van der Waals surface area contributed by atoms with Crippen molar-refractivity contribution in [2.45, 2.75) is 52.5 Å².